The second-order valence-corrected chi connectivity index (χ2v) is 4.63. The molecule has 1 aromatic carbocycles. The highest BCUT2D eigenvalue weighted by atomic mass is 16.4. The summed E-state index contributed by atoms with van der Waals surface area (Å²) in [4.78, 5) is 13.2. The summed E-state index contributed by atoms with van der Waals surface area (Å²) >= 11 is 0. The van der Waals surface area contributed by atoms with Gasteiger partial charge < -0.3 is 10.0 Å². The van der Waals surface area contributed by atoms with Crippen molar-refractivity contribution < 1.29 is 9.90 Å². The first kappa shape index (κ1) is 13.9. The molecule has 1 aromatic heterocycles. The Kier molecular flexibility index (Phi) is 3.89. The van der Waals surface area contributed by atoms with Crippen LogP contribution in [0.3, 0.4) is 0 Å². The fourth-order valence-electron chi connectivity index (χ4n) is 1.92. The lowest BCUT2D eigenvalue weighted by Crippen LogP contribution is -2.08. The van der Waals surface area contributed by atoms with Crippen molar-refractivity contribution in [2.45, 2.75) is 6.54 Å². The van der Waals surface area contributed by atoms with E-state index in [2.05, 4.69) is 11.7 Å². The van der Waals surface area contributed by atoms with Crippen LogP contribution in [0.5, 0.6) is 0 Å². The number of allylic oxidation sites excluding steroid dienone is 1. The molecule has 0 unspecified atom stereocenters. The van der Waals surface area contributed by atoms with E-state index in [-0.39, 0.29) is 5.69 Å². The van der Waals surface area contributed by atoms with Crippen molar-refractivity contribution in [3.63, 3.8) is 0 Å². The van der Waals surface area contributed by atoms with E-state index in [4.69, 9.17) is 5.11 Å². The third kappa shape index (κ3) is 2.71. The molecule has 0 aliphatic rings. The number of carbonyl (C=O) groups is 1. The van der Waals surface area contributed by atoms with Crippen molar-refractivity contribution in [2.24, 2.45) is 0 Å². The Balaban J connectivity index is 2.39. The molecule has 20 heavy (non-hydrogen) atoms. The maximum absolute atomic E-state index is 11.2. The van der Waals surface area contributed by atoms with E-state index in [1.165, 1.54) is 4.68 Å². The zero-order valence-corrected chi connectivity index (χ0v) is 11.6. The maximum atomic E-state index is 11.2. The van der Waals surface area contributed by atoms with Gasteiger partial charge >= 0.3 is 5.97 Å². The monoisotopic (exact) mass is 271 g/mol. The van der Waals surface area contributed by atoms with Crippen LogP contribution in [-0.2, 0) is 6.54 Å². The van der Waals surface area contributed by atoms with Gasteiger partial charge in [-0.25, -0.2) is 4.79 Å². The largest absolute Gasteiger partial charge is 0.477 e. The lowest BCUT2D eigenvalue weighted by Gasteiger charge is -2.12. The summed E-state index contributed by atoms with van der Waals surface area (Å²) in [5.74, 6) is -0.990. The molecule has 0 radical (unpaired) electrons. The minimum absolute atomic E-state index is 0.164. The van der Waals surface area contributed by atoms with Gasteiger partial charge in [-0.05, 0) is 18.2 Å². The Morgan fingerprint density at radius 2 is 2.05 bits per heavy atom. The molecule has 2 rings (SSSR count). The van der Waals surface area contributed by atoms with Gasteiger partial charge in [0.2, 0.25) is 0 Å². The molecule has 0 aliphatic heterocycles. The molecular formula is C15H17N3O2. The number of anilines is 1. The molecule has 1 heterocycles. The van der Waals surface area contributed by atoms with Gasteiger partial charge in [0.25, 0.3) is 0 Å². The summed E-state index contributed by atoms with van der Waals surface area (Å²) in [6, 6.07) is 9.39. The zero-order chi connectivity index (χ0) is 14.7. The lowest BCUT2D eigenvalue weighted by atomic mass is 10.1. The van der Waals surface area contributed by atoms with E-state index in [1.54, 1.807) is 12.1 Å². The van der Waals surface area contributed by atoms with Crippen LogP contribution in [0.15, 0.2) is 43.0 Å². The predicted octanol–water partition coefficient (Wildman–Crippen LogP) is 2.50. The van der Waals surface area contributed by atoms with Gasteiger partial charge in [-0.2, -0.15) is 5.10 Å². The number of aromatic nitrogens is 2. The number of hydrogen-bond acceptors (Lipinski definition) is 3. The average molecular weight is 271 g/mol. The van der Waals surface area contributed by atoms with Crippen LogP contribution in [0.2, 0.25) is 0 Å². The number of aromatic carboxylic acids is 1. The van der Waals surface area contributed by atoms with Gasteiger partial charge in [-0.15, -0.1) is 6.58 Å². The summed E-state index contributed by atoms with van der Waals surface area (Å²) < 4.78 is 1.44. The van der Waals surface area contributed by atoms with Crippen LogP contribution >= 0.6 is 0 Å². The number of carboxylic acids is 1. The summed E-state index contributed by atoms with van der Waals surface area (Å²) in [6.07, 6.45) is 1.62. The molecular weight excluding hydrogens is 254 g/mol. The van der Waals surface area contributed by atoms with Crippen molar-refractivity contribution >= 4 is 11.7 Å². The number of benzene rings is 1. The highest BCUT2D eigenvalue weighted by Crippen LogP contribution is 2.22. The Morgan fingerprint density at radius 3 is 2.55 bits per heavy atom. The van der Waals surface area contributed by atoms with Crippen molar-refractivity contribution in [1.82, 2.24) is 9.78 Å². The van der Waals surface area contributed by atoms with Crippen molar-refractivity contribution in [2.75, 3.05) is 19.0 Å². The number of hydrogen-bond donors (Lipinski definition) is 1. The SMILES string of the molecule is C=CCn1nc(-c2ccc(N(C)C)cc2)cc1C(=O)O. The van der Waals surface area contributed by atoms with Crippen LogP contribution in [0.25, 0.3) is 11.3 Å². The Bertz CT molecular complexity index is 627. The van der Waals surface area contributed by atoms with Gasteiger partial charge in [0, 0.05) is 25.3 Å². The van der Waals surface area contributed by atoms with E-state index < -0.39 is 5.97 Å². The summed E-state index contributed by atoms with van der Waals surface area (Å²) in [6.45, 7) is 3.98. The fraction of sp³-hybridized carbons (Fsp3) is 0.200. The third-order valence-corrected chi connectivity index (χ3v) is 2.98. The quantitative estimate of drug-likeness (QED) is 0.849. The highest BCUT2D eigenvalue weighted by Gasteiger charge is 2.14. The highest BCUT2D eigenvalue weighted by molar-refractivity contribution is 5.87. The smallest absolute Gasteiger partial charge is 0.354 e. The number of carboxylic acid groups (broad SMARTS) is 1. The van der Waals surface area contributed by atoms with Crippen molar-refractivity contribution in [1.29, 1.82) is 0 Å². The summed E-state index contributed by atoms with van der Waals surface area (Å²) in [7, 11) is 3.94. The fourth-order valence-corrected chi connectivity index (χ4v) is 1.92. The minimum atomic E-state index is -0.990. The first-order chi connectivity index (χ1) is 9.52. The molecule has 2 aromatic rings. The van der Waals surface area contributed by atoms with Gasteiger partial charge in [-0.3, -0.25) is 4.68 Å². The van der Waals surface area contributed by atoms with Crippen molar-refractivity contribution in [3.05, 3.63) is 48.7 Å². The van der Waals surface area contributed by atoms with E-state index >= 15 is 0 Å². The molecule has 0 fully saturated rings. The third-order valence-electron chi connectivity index (χ3n) is 2.98. The molecule has 0 aliphatic carbocycles. The molecule has 0 bridgehead atoms. The molecule has 1 N–H and O–H groups in total. The molecule has 5 nitrogen and oxygen atoms in total. The van der Waals surface area contributed by atoms with E-state index in [1.807, 2.05) is 43.3 Å². The van der Waals surface area contributed by atoms with Crippen LogP contribution in [0.4, 0.5) is 5.69 Å². The normalized spacial score (nSPS) is 10.3. The molecule has 5 heteroatoms. The second kappa shape index (κ2) is 5.61. The molecule has 0 atom stereocenters. The first-order valence-electron chi connectivity index (χ1n) is 6.22. The van der Waals surface area contributed by atoms with Crippen LogP contribution in [-0.4, -0.2) is 35.0 Å². The topological polar surface area (TPSA) is 58.4 Å². The van der Waals surface area contributed by atoms with E-state index in [0.29, 0.717) is 12.2 Å². The van der Waals surface area contributed by atoms with Crippen LogP contribution in [0.1, 0.15) is 10.5 Å². The average Bonchev–Trinajstić information content (AvgIpc) is 2.83. The zero-order valence-electron chi connectivity index (χ0n) is 11.6. The van der Waals surface area contributed by atoms with Gasteiger partial charge in [0.1, 0.15) is 5.69 Å². The molecule has 0 amide bonds. The molecule has 0 saturated heterocycles. The summed E-state index contributed by atoms with van der Waals surface area (Å²) in [5.41, 5.74) is 2.78. The maximum Gasteiger partial charge on any atom is 0.354 e. The molecule has 104 valence electrons. The van der Waals surface area contributed by atoms with Gasteiger partial charge in [0.05, 0.1) is 12.2 Å². The number of nitrogens with zero attached hydrogens (tertiary/aromatic N) is 3. The minimum Gasteiger partial charge on any atom is -0.477 e. The van der Waals surface area contributed by atoms with Crippen molar-refractivity contribution in [3.8, 4) is 11.3 Å². The summed E-state index contributed by atoms with van der Waals surface area (Å²) in [5, 5.41) is 13.5. The predicted molar refractivity (Wildman–Crippen MR) is 79.1 cm³/mol. The van der Waals surface area contributed by atoms with Crippen LogP contribution in [0, 0.1) is 0 Å². The Labute approximate surface area is 117 Å². The van der Waals surface area contributed by atoms with E-state index in [9.17, 15) is 4.79 Å². The lowest BCUT2D eigenvalue weighted by molar-refractivity contribution is 0.0684. The molecule has 0 saturated carbocycles. The standard InChI is InChI=1S/C15H17N3O2/c1-4-9-18-14(15(19)20)10-13(16-18)11-5-7-12(8-6-11)17(2)3/h4-8,10H,1,9H2,2-3H3,(H,19,20). The Hall–Kier alpha value is -2.56. The molecule has 0 spiro atoms. The first-order valence-corrected chi connectivity index (χ1v) is 6.22. The van der Waals surface area contributed by atoms with E-state index in [0.717, 1.165) is 11.3 Å². The second-order valence-electron chi connectivity index (χ2n) is 4.63. The van der Waals surface area contributed by atoms with Gasteiger partial charge in [0.15, 0.2) is 0 Å². The Morgan fingerprint density at radius 1 is 1.40 bits per heavy atom. The van der Waals surface area contributed by atoms with Crippen LogP contribution < -0.4 is 4.90 Å². The van der Waals surface area contributed by atoms with Gasteiger partial charge in [-0.1, -0.05) is 18.2 Å². The number of rotatable bonds is 5.